The van der Waals surface area contributed by atoms with E-state index in [1.54, 1.807) is 12.4 Å². The number of carbonyl (C=O) groups excluding carboxylic acids is 1. The molecule has 0 bridgehead atoms. The maximum Gasteiger partial charge on any atom is 0.233 e. The summed E-state index contributed by atoms with van der Waals surface area (Å²) in [5.74, 6) is 1.03. The zero-order valence-electron chi connectivity index (χ0n) is 15.5. The average molecular weight is 361 g/mol. The molecule has 1 saturated heterocycles. The maximum absolute atomic E-state index is 13.5. The van der Waals surface area contributed by atoms with Crippen molar-refractivity contribution in [3.63, 3.8) is 0 Å². The minimum Gasteiger partial charge on any atom is -0.358 e. The Kier molecular flexibility index (Phi) is 3.67. The normalized spacial score (nSPS) is 18.7. The molecule has 2 aromatic heterocycles. The number of carbonyl (C=O) groups is 1. The van der Waals surface area contributed by atoms with Crippen LogP contribution in [0.5, 0.6) is 0 Å². The van der Waals surface area contributed by atoms with Crippen LogP contribution in [0.4, 0.5) is 5.95 Å². The van der Waals surface area contributed by atoms with Gasteiger partial charge in [-0.1, -0.05) is 18.2 Å². The number of piperazine rings is 1. The van der Waals surface area contributed by atoms with Crippen LogP contribution < -0.4 is 4.90 Å². The van der Waals surface area contributed by atoms with E-state index in [0.29, 0.717) is 0 Å². The molecule has 1 saturated carbocycles. The molecule has 3 heterocycles. The molecule has 1 N–H and O–H groups in total. The summed E-state index contributed by atoms with van der Waals surface area (Å²) in [7, 11) is 0. The monoisotopic (exact) mass is 361 g/mol. The number of hydrogen-bond acceptors (Lipinski definition) is 4. The van der Waals surface area contributed by atoms with Crippen molar-refractivity contribution in [1.29, 1.82) is 0 Å². The van der Waals surface area contributed by atoms with Gasteiger partial charge >= 0.3 is 0 Å². The first kappa shape index (κ1) is 16.3. The van der Waals surface area contributed by atoms with Crippen molar-refractivity contribution in [3.8, 4) is 0 Å². The summed E-state index contributed by atoms with van der Waals surface area (Å²) in [4.78, 5) is 29.8. The molecule has 0 spiro atoms. The molecule has 1 aliphatic carbocycles. The van der Waals surface area contributed by atoms with Crippen LogP contribution in [0.1, 0.15) is 24.1 Å². The molecule has 1 amide bonds. The van der Waals surface area contributed by atoms with Gasteiger partial charge in [0.15, 0.2) is 0 Å². The van der Waals surface area contributed by atoms with E-state index in [0.717, 1.165) is 56.2 Å². The van der Waals surface area contributed by atoms with Crippen LogP contribution in [0.15, 0.2) is 42.7 Å². The van der Waals surface area contributed by atoms with Gasteiger partial charge in [-0.05, 0) is 37.5 Å². The van der Waals surface area contributed by atoms with Gasteiger partial charge in [0, 0.05) is 55.2 Å². The fourth-order valence-corrected chi connectivity index (χ4v) is 4.46. The molecule has 0 radical (unpaired) electrons. The summed E-state index contributed by atoms with van der Waals surface area (Å²) in [5, 5.41) is 1.19. The van der Waals surface area contributed by atoms with Gasteiger partial charge in [0.25, 0.3) is 0 Å². The highest BCUT2D eigenvalue weighted by Gasteiger charge is 2.55. The lowest BCUT2D eigenvalue weighted by Gasteiger charge is -2.36. The molecule has 6 nitrogen and oxygen atoms in total. The first-order chi connectivity index (χ1) is 13.2. The Morgan fingerprint density at radius 2 is 1.74 bits per heavy atom. The number of fused-ring (bicyclic) bond motifs is 1. The number of nitrogens with one attached hydrogen (secondary N) is 1. The lowest BCUT2D eigenvalue weighted by molar-refractivity contribution is -0.134. The predicted octanol–water partition coefficient (Wildman–Crippen LogP) is 2.65. The van der Waals surface area contributed by atoms with Gasteiger partial charge in [0.2, 0.25) is 11.9 Å². The van der Waals surface area contributed by atoms with E-state index in [-0.39, 0.29) is 11.3 Å². The quantitative estimate of drug-likeness (QED) is 0.779. The number of hydrogen-bond donors (Lipinski definition) is 1. The zero-order valence-corrected chi connectivity index (χ0v) is 15.5. The van der Waals surface area contributed by atoms with E-state index in [4.69, 9.17) is 0 Å². The Hall–Kier alpha value is -2.89. The molecule has 1 aromatic carbocycles. The zero-order chi connectivity index (χ0) is 18.4. The third-order valence-electron chi connectivity index (χ3n) is 5.93. The van der Waals surface area contributed by atoms with Crippen LogP contribution in [0.2, 0.25) is 0 Å². The van der Waals surface area contributed by atoms with Crippen molar-refractivity contribution in [2.24, 2.45) is 0 Å². The number of rotatable bonds is 3. The number of H-pyrrole nitrogens is 1. The number of aromatic amines is 1. The summed E-state index contributed by atoms with van der Waals surface area (Å²) in [5.41, 5.74) is 3.11. The molecular weight excluding hydrogens is 338 g/mol. The second-order valence-electron chi connectivity index (χ2n) is 7.58. The fraction of sp³-hybridized carbons (Fsp3) is 0.381. The summed E-state index contributed by atoms with van der Waals surface area (Å²) < 4.78 is 0. The van der Waals surface area contributed by atoms with Crippen molar-refractivity contribution in [2.75, 3.05) is 31.1 Å². The number of anilines is 1. The average Bonchev–Trinajstić information content (AvgIpc) is 3.44. The highest BCUT2D eigenvalue weighted by atomic mass is 16.2. The van der Waals surface area contributed by atoms with Crippen LogP contribution in [0.3, 0.4) is 0 Å². The summed E-state index contributed by atoms with van der Waals surface area (Å²) in [6.07, 6.45) is 5.41. The van der Waals surface area contributed by atoms with Gasteiger partial charge in [-0.15, -0.1) is 0 Å². The largest absolute Gasteiger partial charge is 0.358 e. The Balaban J connectivity index is 1.38. The van der Waals surface area contributed by atoms with Gasteiger partial charge in [0.1, 0.15) is 0 Å². The molecule has 138 valence electrons. The summed E-state index contributed by atoms with van der Waals surface area (Å²) >= 11 is 0. The molecule has 2 aliphatic rings. The van der Waals surface area contributed by atoms with Crippen LogP contribution in [0.25, 0.3) is 10.9 Å². The summed E-state index contributed by atoms with van der Waals surface area (Å²) in [6.45, 7) is 5.09. The minimum atomic E-state index is -0.338. The molecule has 0 atom stereocenters. The molecule has 6 heteroatoms. The van der Waals surface area contributed by atoms with Crippen molar-refractivity contribution < 1.29 is 4.79 Å². The smallest absolute Gasteiger partial charge is 0.233 e. The van der Waals surface area contributed by atoms with E-state index < -0.39 is 0 Å². The van der Waals surface area contributed by atoms with Gasteiger partial charge in [-0.2, -0.15) is 0 Å². The van der Waals surface area contributed by atoms with Gasteiger partial charge in [-0.3, -0.25) is 4.79 Å². The number of aromatic nitrogens is 3. The SMILES string of the molecule is Cc1[nH]c2ccccc2c1C1(C(=O)N2CCN(c3ncccn3)CC2)CC1. The number of nitrogens with zero attached hydrogens (tertiary/aromatic N) is 4. The van der Waals surface area contributed by atoms with Crippen LogP contribution >= 0.6 is 0 Å². The van der Waals surface area contributed by atoms with Crippen molar-refractivity contribution >= 4 is 22.8 Å². The van der Waals surface area contributed by atoms with E-state index in [9.17, 15) is 4.79 Å². The van der Waals surface area contributed by atoms with Gasteiger partial charge in [-0.25, -0.2) is 9.97 Å². The number of benzene rings is 1. The molecular formula is C21H23N5O. The minimum absolute atomic E-state index is 0.281. The van der Waals surface area contributed by atoms with Crippen molar-refractivity contribution in [3.05, 3.63) is 54.0 Å². The van der Waals surface area contributed by atoms with Gasteiger partial charge in [0.05, 0.1) is 5.41 Å². The Labute approximate surface area is 158 Å². The van der Waals surface area contributed by atoms with E-state index in [1.807, 2.05) is 17.0 Å². The first-order valence-electron chi connectivity index (χ1n) is 9.58. The fourth-order valence-electron chi connectivity index (χ4n) is 4.46. The maximum atomic E-state index is 13.5. The number of amides is 1. The first-order valence-corrected chi connectivity index (χ1v) is 9.58. The standard InChI is InChI=1S/C21H23N5O/c1-15-18(16-5-2-3-6-17(16)24-15)21(7-8-21)19(27)25-11-13-26(14-12-25)20-22-9-4-10-23-20/h2-6,9-10,24H,7-8,11-14H2,1H3. The molecule has 2 fully saturated rings. The second-order valence-corrected chi connectivity index (χ2v) is 7.58. The molecule has 1 aliphatic heterocycles. The Bertz CT molecular complexity index is 984. The third-order valence-corrected chi connectivity index (χ3v) is 5.93. The Morgan fingerprint density at radius 3 is 2.44 bits per heavy atom. The van der Waals surface area contributed by atoms with Crippen LogP contribution in [0, 0.1) is 6.92 Å². The van der Waals surface area contributed by atoms with Crippen LogP contribution in [-0.4, -0.2) is 51.9 Å². The molecule has 5 rings (SSSR count). The van der Waals surface area contributed by atoms with Gasteiger partial charge < -0.3 is 14.8 Å². The van der Waals surface area contributed by atoms with E-state index in [1.165, 1.54) is 10.9 Å². The lowest BCUT2D eigenvalue weighted by Crippen LogP contribution is -2.52. The Morgan fingerprint density at radius 1 is 1.04 bits per heavy atom. The second kappa shape index (κ2) is 6.08. The molecule has 3 aromatic rings. The lowest BCUT2D eigenvalue weighted by atomic mass is 9.91. The van der Waals surface area contributed by atoms with E-state index >= 15 is 0 Å². The van der Waals surface area contributed by atoms with E-state index in [2.05, 4.69) is 45.0 Å². The highest BCUT2D eigenvalue weighted by Crippen LogP contribution is 2.53. The molecule has 0 unspecified atom stereocenters. The topological polar surface area (TPSA) is 65.1 Å². The molecule has 27 heavy (non-hydrogen) atoms. The van der Waals surface area contributed by atoms with Crippen LogP contribution in [-0.2, 0) is 10.2 Å². The number of para-hydroxylation sites is 1. The summed E-state index contributed by atoms with van der Waals surface area (Å²) in [6, 6.07) is 10.1. The number of aryl methyl sites for hydroxylation is 1. The predicted molar refractivity (Wildman–Crippen MR) is 105 cm³/mol. The van der Waals surface area contributed by atoms with Crippen molar-refractivity contribution in [1.82, 2.24) is 19.9 Å². The third kappa shape index (κ3) is 2.59. The highest BCUT2D eigenvalue weighted by molar-refractivity contribution is 5.98. The van der Waals surface area contributed by atoms with Crippen molar-refractivity contribution in [2.45, 2.75) is 25.2 Å².